The Hall–Kier alpha value is -1.92. The van der Waals surface area contributed by atoms with Crippen LogP contribution in [0, 0.1) is 11.8 Å². The molecule has 30 heteroatoms. The first-order valence-corrected chi connectivity index (χ1v) is 26.7. The number of anilines is 1. The first-order chi connectivity index (χ1) is 27.5. The highest BCUT2D eigenvalue weighted by Crippen LogP contribution is 2.66. The zero-order chi connectivity index (χ0) is 44.0. The second-order valence-corrected chi connectivity index (χ2v) is 23.3. The summed E-state index contributed by atoms with van der Waals surface area (Å²) in [7, 11) is -14.3. The number of carbonyl (C=O) groups is 2. The minimum Gasteiger partial charge on any atom is -0.466 e. The SMILES string of the molecule is CC(=O)OCCC(C)(C)SSCOCCCCOC(=O)NCC#Cc1cn([C@H]2C[C@H](OCS(C)=S)[C@@H](COP(=O)(O)OP(=O)(O)OP(=O)(O)O)O2)c2nc(N)[nH]c(=O)c12. The monoisotopic (exact) mass is 973 g/mol. The van der Waals surface area contributed by atoms with Gasteiger partial charge in [0.2, 0.25) is 5.95 Å². The third-order valence-corrected chi connectivity index (χ3v) is 14.9. The summed E-state index contributed by atoms with van der Waals surface area (Å²) in [4.78, 5) is 79.8. The van der Waals surface area contributed by atoms with Gasteiger partial charge in [-0.2, -0.15) is 13.6 Å². The Morgan fingerprint density at radius 2 is 1.86 bits per heavy atom. The lowest BCUT2D eigenvalue weighted by Gasteiger charge is -2.22. The van der Waals surface area contributed by atoms with Crippen LogP contribution in [0.4, 0.5) is 10.7 Å². The van der Waals surface area contributed by atoms with E-state index < -0.39 is 69.6 Å². The van der Waals surface area contributed by atoms with Gasteiger partial charge in [0.05, 0.1) is 49.4 Å². The molecule has 0 radical (unpaired) electrons. The number of nitrogens with two attached hydrogens (primary N) is 1. The van der Waals surface area contributed by atoms with Crippen LogP contribution in [0.25, 0.3) is 11.0 Å². The number of esters is 1. The fourth-order valence-electron chi connectivity index (χ4n) is 4.87. The maximum absolute atomic E-state index is 13.0. The number of nitrogen functional groups attached to an aromatic ring is 1. The zero-order valence-electron chi connectivity index (χ0n) is 32.0. The van der Waals surface area contributed by atoms with Crippen LogP contribution in [0.5, 0.6) is 0 Å². The highest BCUT2D eigenvalue weighted by molar-refractivity contribution is 8.77. The van der Waals surface area contributed by atoms with Gasteiger partial charge in [-0.25, -0.2) is 18.5 Å². The van der Waals surface area contributed by atoms with E-state index in [4.69, 9.17) is 54.9 Å². The molecule has 8 N–H and O–H groups in total. The number of nitrogens with one attached hydrogen (secondary N) is 2. The second kappa shape index (κ2) is 23.5. The zero-order valence-corrected chi connectivity index (χ0v) is 38.0. The van der Waals surface area contributed by atoms with E-state index in [0.717, 1.165) is 0 Å². The van der Waals surface area contributed by atoms with Gasteiger partial charge < -0.3 is 58.9 Å². The molecule has 59 heavy (non-hydrogen) atoms. The molecule has 0 aromatic carbocycles. The Kier molecular flexibility index (Phi) is 20.5. The average molecular weight is 974 g/mol. The van der Waals surface area contributed by atoms with Crippen molar-refractivity contribution >= 4 is 94.7 Å². The summed E-state index contributed by atoms with van der Waals surface area (Å²) in [5.41, 5.74) is 5.40. The van der Waals surface area contributed by atoms with Crippen molar-refractivity contribution in [3.8, 4) is 11.8 Å². The van der Waals surface area contributed by atoms with Crippen LogP contribution in [0.2, 0.25) is 0 Å². The van der Waals surface area contributed by atoms with Crippen LogP contribution in [0.15, 0.2) is 11.0 Å². The topological polar surface area (TPSA) is 329 Å². The average Bonchev–Trinajstić information content (AvgIpc) is 3.66. The number of H-pyrrole nitrogens is 1. The molecule has 0 aliphatic carbocycles. The molecule has 334 valence electrons. The predicted molar refractivity (Wildman–Crippen MR) is 220 cm³/mol. The summed E-state index contributed by atoms with van der Waals surface area (Å²) in [6, 6.07) is 0. The number of alkyl carbamates (subject to hydrolysis) is 1. The molecule has 23 nitrogen and oxygen atoms in total. The molecule has 3 unspecified atom stereocenters. The van der Waals surface area contributed by atoms with Crippen LogP contribution in [-0.2, 0) is 76.0 Å². The molecule has 6 atom stereocenters. The summed E-state index contributed by atoms with van der Waals surface area (Å²) >= 11 is 5.19. The molecule has 1 fully saturated rings. The van der Waals surface area contributed by atoms with Crippen molar-refractivity contribution in [2.75, 3.05) is 56.8 Å². The summed E-state index contributed by atoms with van der Waals surface area (Å²) in [5.74, 6) is 5.53. The minimum absolute atomic E-state index is 0.0231. The van der Waals surface area contributed by atoms with Crippen molar-refractivity contribution < 1.29 is 79.7 Å². The number of aromatic amines is 1. The Bertz CT molecular complexity index is 2060. The maximum Gasteiger partial charge on any atom is 0.490 e. The van der Waals surface area contributed by atoms with E-state index in [0.29, 0.717) is 38.4 Å². The van der Waals surface area contributed by atoms with Gasteiger partial charge in [0.1, 0.15) is 18.3 Å². The maximum atomic E-state index is 13.0. The van der Waals surface area contributed by atoms with Crippen LogP contribution in [0.3, 0.4) is 0 Å². The largest absolute Gasteiger partial charge is 0.490 e. The number of aromatic nitrogens is 3. The smallest absolute Gasteiger partial charge is 0.466 e. The van der Waals surface area contributed by atoms with Crippen molar-refractivity contribution in [2.24, 2.45) is 0 Å². The van der Waals surface area contributed by atoms with Gasteiger partial charge in [-0.15, -0.1) is 0 Å². The molecule has 2 aromatic rings. The first kappa shape index (κ1) is 51.4. The van der Waals surface area contributed by atoms with Crippen molar-refractivity contribution in [3.63, 3.8) is 0 Å². The Morgan fingerprint density at radius 1 is 1.15 bits per heavy atom. The highest BCUT2D eigenvalue weighted by atomic mass is 33.1. The van der Waals surface area contributed by atoms with Gasteiger partial charge in [0, 0.05) is 30.9 Å². The lowest BCUT2D eigenvalue weighted by Crippen LogP contribution is -2.29. The third-order valence-electron chi connectivity index (χ3n) is 7.34. The standard InChI is InChI=1S/C29H46N5O18P3S4/c1-19(35)46-13-9-29(2,3)58-57-17-45-11-5-6-12-47-28(37)31-10-7-8-20-15-34(25-24(20)26(36)33-27(30)32-25)23-14-21(48-18-59(4)56)22(50-23)16-49-54(41,42)52-55(43,44)51-53(38,39)40/h15,21-23H,5-6,9-14,16-18H2,1-4H3,(H,31,37)(H,41,42)(H,43,44)(H2,38,39,40)(H3,30,32,33,36)/t21-,22+,23+,59?/m0/s1. The number of unbranched alkanes of at least 4 members (excludes halogenated alkanes) is 1. The molecular formula is C29H46N5O18P3S4. The van der Waals surface area contributed by atoms with E-state index in [-0.39, 0.29) is 58.8 Å². The lowest BCUT2D eigenvalue weighted by molar-refractivity contribution is -0.141. The van der Waals surface area contributed by atoms with Crippen molar-refractivity contribution in [1.82, 2.24) is 19.9 Å². The number of carbonyl (C=O) groups excluding carboxylic acids is 2. The number of rotatable bonds is 24. The summed E-state index contributed by atoms with van der Waals surface area (Å²) in [5, 5.41) is 2.52. The van der Waals surface area contributed by atoms with Crippen LogP contribution in [-0.4, -0.2) is 114 Å². The van der Waals surface area contributed by atoms with E-state index in [1.165, 1.54) is 17.7 Å². The van der Waals surface area contributed by atoms with Crippen LogP contribution >= 0.6 is 45.1 Å². The van der Waals surface area contributed by atoms with Gasteiger partial charge >= 0.3 is 35.5 Å². The molecule has 3 rings (SSSR count). The van der Waals surface area contributed by atoms with Crippen LogP contribution < -0.4 is 16.6 Å². The molecule has 2 aromatic heterocycles. The van der Waals surface area contributed by atoms with Gasteiger partial charge in [0.15, 0.2) is 5.65 Å². The van der Waals surface area contributed by atoms with E-state index in [2.05, 4.69) is 49.6 Å². The Labute approximate surface area is 353 Å². The summed E-state index contributed by atoms with van der Waals surface area (Å²) in [6.45, 7) is 5.50. The van der Waals surface area contributed by atoms with Gasteiger partial charge in [-0.3, -0.25) is 19.1 Å². The third kappa shape index (κ3) is 19.3. The van der Waals surface area contributed by atoms with Crippen molar-refractivity contribution in [3.05, 3.63) is 22.1 Å². The lowest BCUT2D eigenvalue weighted by atomic mass is 10.1. The molecule has 1 saturated heterocycles. The number of nitrogens with zero attached hydrogens (tertiary/aromatic N) is 2. The van der Waals surface area contributed by atoms with Crippen molar-refractivity contribution in [1.29, 1.82) is 0 Å². The molecule has 0 spiro atoms. The van der Waals surface area contributed by atoms with Gasteiger partial charge in [-0.1, -0.05) is 42.9 Å². The Balaban J connectivity index is 1.56. The van der Waals surface area contributed by atoms with E-state index in [9.17, 15) is 37.9 Å². The number of phosphoric ester groups is 1. The second-order valence-electron chi connectivity index (χ2n) is 12.8. The normalized spacial score (nSPS) is 19.6. The molecule has 1 aliphatic heterocycles. The van der Waals surface area contributed by atoms with Crippen molar-refractivity contribution in [2.45, 2.75) is 69.6 Å². The Morgan fingerprint density at radius 3 is 2.54 bits per heavy atom. The quantitative estimate of drug-likeness (QED) is 0.0199. The molecular weight excluding hydrogens is 928 g/mol. The minimum atomic E-state index is -5.77. The number of hydrogen-bond donors (Lipinski definition) is 7. The van der Waals surface area contributed by atoms with E-state index in [1.54, 1.807) is 27.8 Å². The first-order valence-electron chi connectivity index (χ1n) is 17.1. The molecule has 1 aliphatic rings. The number of amides is 1. The van der Waals surface area contributed by atoms with Gasteiger partial charge in [0.25, 0.3) is 5.56 Å². The summed E-state index contributed by atoms with van der Waals surface area (Å²) in [6.07, 6.45) is 1.35. The van der Waals surface area contributed by atoms with E-state index in [1.807, 2.05) is 0 Å². The highest BCUT2D eigenvalue weighted by Gasteiger charge is 2.44. The van der Waals surface area contributed by atoms with Crippen LogP contribution in [0.1, 0.15) is 58.2 Å². The molecule has 0 bridgehead atoms. The molecule has 1 amide bonds. The van der Waals surface area contributed by atoms with E-state index >= 15 is 0 Å². The van der Waals surface area contributed by atoms with Gasteiger partial charge in [-0.05, 0) is 50.6 Å². The molecule has 0 saturated carbocycles. The summed E-state index contributed by atoms with van der Waals surface area (Å²) < 4.78 is 76.4. The number of fused-ring (bicyclic) bond motifs is 1. The fourth-order valence-corrected chi connectivity index (χ4v) is 10.7. The number of ether oxygens (including phenoxy) is 5. The number of phosphoric acid groups is 3. The number of hydrogen-bond acceptors (Lipinski definition) is 19. The molecule has 3 heterocycles. The fraction of sp³-hybridized carbons (Fsp3) is 0.655. The predicted octanol–water partition coefficient (Wildman–Crippen LogP) is 2.94.